The lowest BCUT2D eigenvalue weighted by atomic mass is 10.1. The molecule has 1 heterocycles. The number of nitrogens with zero attached hydrogens (tertiary/aromatic N) is 1. The van der Waals surface area contributed by atoms with Gasteiger partial charge in [-0.05, 0) is 26.3 Å². The van der Waals surface area contributed by atoms with E-state index < -0.39 is 0 Å². The molecule has 3 heteroatoms. The van der Waals surface area contributed by atoms with Crippen molar-refractivity contribution in [1.29, 1.82) is 0 Å². The van der Waals surface area contributed by atoms with Crippen molar-refractivity contribution in [2.75, 3.05) is 6.61 Å². The van der Waals surface area contributed by atoms with Crippen LogP contribution in [0.15, 0.2) is 12.3 Å². The zero-order valence-corrected chi connectivity index (χ0v) is 8.13. The standard InChI is InChI=1S/C10H13NO2/c1-4-13-10-5-7(2)9(6-11-10)8(3)12/h5-6H,4H2,1-3H3. The summed E-state index contributed by atoms with van der Waals surface area (Å²) >= 11 is 0. The topological polar surface area (TPSA) is 39.2 Å². The van der Waals surface area contributed by atoms with Crippen LogP contribution in [-0.2, 0) is 0 Å². The Bertz CT molecular complexity index is 321. The number of carbonyl (C=O) groups is 1. The number of hydrogen-bond acceptors (Lipinski definition) is 3. The molecule has 0 aliphatic rings. The first-order valence-corrected chi connectivity index (χ1v) is 4.25. The number of aromatic nitrogens is 1. The van der Waals surface area contributed by atoms with Gasteiger partial charge in [0.2, 0.25) is 5.88 Å². The number of carbonyl (C=O) groups excluding carboxylic acids is 1. The molecule has 0 amide bonds. The van der Waals surface area contributed by atoms with Gasteiger partial charge in [-0.15, -0.1) is 0 Å². The fraction of sp³-hybridized carbons (Fsp3) is 0.400. The van der Waals surface area contributed by atoms with E-state index in [4.69, 9.17) is 4.74 Å². The van der Waals surface area contributed by atoms with E-state index in [1.165, 1.54) is 6.92 Å². The molecule has 0 unspecified atom stereocenters. The van der Waals surface area contributed by atoms with Crippen molar-refractivity contribution >= 4 is 5.78 Å². The zero-order valence-electron chi connectivity index (χ0n) is 8.13. The second-order valence-electron chi connectivity index (χ2n) is 2.83. The lowest BCUT2D eigenvalue weighted by Crippen LogP contribution is -2.00. The highest BCUT2D eigenvalue weighted by atomic mass is 16.5. The molecule has 1 aromatic heterocycles. The fourth-order valence-electron chi connectivity index (χ4n) is 1.13. The normalized spacial score (nSPS) is 9.77. The predicted molar refractivity (Wildman–Crippen MR) is 50.1 cm³/mol. The van der Waals surface area contributed by atoms with Crippen molar-refractivity contribution in [3.63, 3.8) is 0 Å². The highest BCUT2D eigenvalue weighted by molar-refractivity contribution is 5.95. The van der Waals surface area contributed by atoms with Crippen LogP contribution in [0.2, 0.25) is 0 Å². The molecule has 70 valence electrons. The van der Waals surface area contributed by atoms with E-state index in [2.05, 4.69) is 4.98 Å². The first kappa shape index (κ1) is 9.71. The molecule has 1 aromatic rings. The van der Waals surface area contributed by atoms with Gasteiger partial charge in [-0.3, -0.25) is 4.79 Å². The molecule has 0 bridgehead atoms. The van der Waals surface area contributed by atoms with Crippen LogP contribution in [-0.4, -0.2) is 17.4 Å². The minimum absolute atomic E-state index is 0.0352. The maximum absolute atomic E-state index is 11.1. The molecule has 0 radical (unpaired) electrons. The molecular weight excluding hydrogens is 166 g/mol. The predicted octanol–water partition coefficient (Wildman–Crippen LogP) is 1.99. The SMILES string of the molecule is CCOc1cc(C)c(C(C)=O)cn1. The summed E-state index contributed by atoms with van der Waals surface area (Å²) in [5.41, 5.74) is 1.56. The summed E-state index contributed by atoms with van der Waals surface area (Å²) in [5.74, 6) is 0.609. The first-order chi connectivity index (χ1) is 6.15. The van der Waals surface area contributed by atoms with Crippen molar-refractivity contribution in [2.45, 2.75) is 20.8 Å². The molecule has 1 rings (SSSR count). The first-order valence-electron chi connectivity index (χ1n) is 4.25. The van der Waals surface area contributed by atoms with Crippen LogP contribution in [0.1, 0.15) is 29.8 Å². The molecule has 0 fully saturated rings. The maximum atomic E-state index is 11.1. The minimum atomic E-state index is 0.0352. The molecular formula is C10H13NO2. The van der Waals surface area contributed by atoms with E-state index >= 15 is 0 Å². The van der Waals surface area contributed by atoms with Gasteiger partial charge in [0, 0.05) is 17.8 Å². The van der Waals surface area contributed by atoms with Gasteiger partial charge < -0.3 is 4.74 Å². The lowest BCUT2D eigenvalue weighted by Gasteiger charge is -2.04. The third kappa shape index (κ3) is 2.28. The van der Waals surface area contributed by atoms with Gasteiger partial charge in [0.1, 0.15) is 0 Å². The summed E-state index contributed by atoms with van der Waals surface area (Å²) in [6.45, 7) is 5.90. The van der Waals surface area contributed by atoms with Crippen LogP contribution in [0.25, 0.3) is 0 Å². The Morgan fingerprint density at radius 1 is 1.62 bits per heavy atom. The van der Waals surface area contributed by atoms with Crippen molar-refractivity contribution in [2.24, 2.45) is 0 Å². The molecule has 0 N–H and O–H groups in total. The number of rotatable bonds is 3. The number of hydrogen-bond donors (Lipinski definition) is 0. The summed E-state index contributed by atoms with van der Waals surface area (Å²) in [6.07, 6.45) is 1.56. The molecule has 0 aliphatic carbocycles. The van der Waals surface area contributed by atoms with Crippen molar-refractivity contribution in [3.05, 3.63) is 23.4 Å². The van der Waals surface area contributed by atoms with Gasteiger partial charge in [-0.2, -0.15) is 0 Å². The monoisotopic (exact) mass is 179 g/mol. The van der Waals surface area contributed by atoms with E-state index in [9.17, 15) is 4.79 Å². The second kappa shape index (κ2) is 4.03. The van der Waals surface area contributed by atoms with Crippen LogP contribution >= 0.6 is 0 Å². The highest BCUT2D eigenvalue weighted by Gasteiger charge is 2.05. The lowest BCUT2D eigenvalue weighted by molar-refractivity contribution is 0.101. The quantitative estimate of drug-likeness (QED) is 0.666. The van der Waals surface area contributed by atoms with Gasteiger partial charge in [0.05, 0.1) is 6.61 Å². The molecule has 13 heavy (non-hydrogen) atoms. The van der Waals surface area contributed by atoms with Crippen LogP contribution in [0, 0.1) is 6.92 Å². The molecule has 0 atom stereocenters. The average molecular weight is 179 g/mol. The summed E-state index contributed by atoms with van der Waals surface area (Å²) in [6, 6.07) is 1.78. The minimum Gasteiger partial charge on any atom is -0.478 e. The van der Waals surface area contributed by atoms with Gasteiger partial charge in [0.15, 0.2) is 5.78 Å². The Morgan fingerprint density at radius 2 is 2.31 bits per heavy atom. The third-order valence-corrected chi connectivity index (χ3v) is 1.76. The molecule has 0 aliphatic heterocycles. The van der Waals surface area contributed by atoms with Crippen LogP contribution < -0.4 is 4.74 Å². The van der Waals surface area contributed by atoms with Crippen molar-refractivity contribution < 1.29 is 9.53 Å². The summed E-state index contributed by atoms with van der Waals surface area (Å²) < 4.78 is 5.20. The van der Waals surface area contributed by atoms with Crippen LogP contribution in [0.5, 0.6) is 5.88 Å². The summed E-state index contributed by atoms with van der Waals surface area (Å²) in [4.78, 5) is 15.1. The highest BCUT2D eigenvalue weighted by Crippen LogP contribution is 2.13. The second-order valence-corrected chi connectivity index (χ2v) is 2.83. The van der Waals surface area contributed by atoms with Gasteiger partial charge in [0.25, 0.3) is 0 Å². The van der Waals surface area contributed by atoms with E-state index in [1.807, 2.05) is 13.8 Å². The Morgan fingerprint density at radius 3 is 2.77 bits per heavy atom. The van der Waals surface area contributed by atoms with Crippen molar-refractivity contribution in [3.8, 4) is 5.88 Å². The summed E-state index contributed by atoms with van der Waals surface area (Å²) in [5, 5.41) is 0. The molecule has 3 nitrogen and oxygen atoms in total. The fourth-order valence-corrected chi connectivity index (χ4v) is 1.13. The van der Waals surface area contributed by atoms with Gasteiger partial charge in [-0.1, -0.05) is 0 Å². The Hall–Kier alpha value is -1.38. The van der Waals surface area contributed by atoms with Crippen LogP contribution in [0.4, 0.5) is 0 Å². The number of ketones is 1. The van der Waals surface area contributed by atoms with Gasteiger partial charge >= 0.3 is 0 Å². The number of pyridine rings is 1. The molecule has 0 spiro atoms. The van der Waals surface area contributed by atoms with E-state index in [-0.39, 0.29) is 5.78 Å². The molecule has 0 saturated heterocycles. The van der Waals surface area contributed by atoms with Crippen molar-refractivity contribution in [1.82, 2.24) is 4.98 Å². The number of aryl methyl sites for hydroxylation is 1. The summed E-state index contributed by atoms with van der Waals surface area (Å²) in [7, 11) is 0. The van der Waals surface area contributed by atoms with E-state index in [0.717, 1.165) is 5.56 Å². The third-order valence-electron chi connectivity index (χ3n) is 1.76. The Balaban J connectivity index is 2.98. The molecule has 0 saturated carbocycles. The number of ether oxygens (including phenoxy) is 1. The largest absolute Gasteiger partial charge is 0.478 e. The maximum Gasteiger partial charge on any atom is 0.213 e. The molecule has 0 aromatic carbocycles. The Kier molecular flexibility index (Phi) is 3.01. The van der Waals surface area contributed by atoms with E-state index in [0.29, 0.717) is 18.1 Å². The smallest absolute Gasteiger partial charge is 0.213 e. The number of Topliss-reactive ketones (excluding diaryl/α,β-unsaturated/α-hetero) is 1. The van der Waals surface area contributed by atoms with E-state index in [1.54, 1.807) is 12.3 Å². The van der Waals surface area contributed by atoms with Crippen LogP contribution in [0.3, 0.4) is 0 Å². The zero-order chi connectivity index (χ0) is 9.84. The Labute approximate surface area is 77.8 Å². The average Bonchev–Trinajstić information content (AvgIpc) is 2.04. The van der Waals surface area contributed by atoms with Gasteiger partial charge in [-0.25, -0.2) is 4.98 Å².